The lowest BCUT2D eigenvalue weighted by Gasteiger charge is -2.09. The molecule has 0 saturated heterocycles. The largest absolute Gasteiger partial charge is 0.508 e. The molecule has 0 aliphatic heterocycles. The summed E-state index contributed by atoms with van der Waals surface area (Å²) in [5, 5.41) is 12.7. The summed E-state index contributed by atoms with van der Waals surface area (Å²) in [6.45, 7) is 5.22. The van der Waals surface area contributed by atoms with Gasteiger partial charge < -0.3 is 10.4 Å². The fourth-order valence-electron chi connectivity index (χ4n) is 1.83. The third-order valence-corrected chi connectivity index (χ3v) is 4.02. The van der Waals surface area contributed by atoms with Crippen molar-refractivity contribution in [1.29, 1.82) is 0 Å². The average Bonchev–Trinajstić information content (AvgIpc) is 2.45. The van der Waals surface area contributed by atoms with Gasteiger partial charge in [-0.15, -0.1) is 11.8 Å². The Morgan fingerprint density at radius 3 is 2.50 bits per heavy atom. The van der Waals surface area contributed by atoms with Gasteiger partial charge in [-0.05, 0) is 35.4 Å². The van der Waals surface area contributed by atoms with E-state index in [1.54, 1.807) is 12.1 Å². The molecular weight excluding hydrogens is 266 g/mol. The average molecular weight is 287 g/mol. The van der Waals surface area contributed by atoms with E-state index in [1.165, 1.54) is 16.0 Å². The van der Waals surface area contributed by atoms with Crippen molar-refractivity contribution in [3.63, 3.8) is 0 Å². The predicted octanol–water partition coefficient (Wildman–Crippen LogP) is 4.18. The first kappa shape index (κ1) is 14.9. The van der Waals surface area contributed by atoms with Crippen LogP contribution < -0.4 is 5.32 Å². The first-order chi connectivity index (χ1) is 9.63. The van der Waals surface area contributed by atoms with Gasteiger partial charge >= 0.3 is 0 Å². The molecule has 0 spiro atoms. The first-order valence-corrected chi connectivity index (χ1v) is 7.85. The van der Waals surface area contributed by atoms with Gasteiger partial charge in [0.2, 0.25) is 0 Å². The molecule has 0 aliphatic rings. The number of nitrogens with one attached hydrogen (secondary N) is 1. The SMILES string of the molecule is CC(C)NCc1cccc(SCc2ccc(O)cc2)c1. The lowest BCUT2D eigenvalue weighted by Crippen LogP contribution is -2.21. The van der Waals surface area contributed by atoms with Crippen molar-refractivity contribution in [3.8, 4) is 5.75 Å². The van der Waals surface area contributed by atoms with Gasteiger partial charge in [-0.3, -0.25) is 0 Å². The lowest BCUT2D eigenvalue weighted by atomic mass is 10.2. The van der Waals surface area contributed by atoms with Crippen LogP contribution in [0.15, 0.2) is 53.4 Å². The minimum absolute atomic E-state index is 0.320. The molecule has 20 heavy (non-hydrogen) atoms. The van der Waals surface area contributed by atoms with Crippen LogP contribution in [0, 0.1) is 0 Å². The molecule has 0 bridgehead atoms. The van der Waals surface area contributed by atoms with Crippen LogP contribution in [0.5, 0.6) is 5.75 Å². The summed E-state index contributed by atoms with van der Waals surface area (Å²) >= 11 is 1.82. The third kappa shape index (κ3) is 4.91. The highest BCUT2D eigenvalue weighted by atomic mass is 32.2. The maximum Gasteiger partial charge on any atom is 0.115 e. The minimum atomic E-state index is 0.320. The Labute approximate surface area is 125 Å². The highest BCUT2D eigenvalue weighted by Crippen LogP contribution is 2.24. The summed E-state index contributed by atoms with van der Waals surface area (Å²) in [5.74, 6) is 1.24. The molecule has 2 aromatic rings. The van der Waals surface area contributed by atoms with Crippen LogP contribution in [0.25, 0.3) is 0 Å². The third-order valence-electron chi connectivity index (χ3n) is 2.95. The highest BCUT2D eigenvalue weighted by molar-refractivity contribution is 7.98. The van der Waals surface area contributed by atoms with Crippen molar-refractivity contribution in [3.05, 3.63) is 59.7 Å². The molecule has 0 radical (unpaired) electrons. The second-order valence-electron chi connectivity index (χ2n) is 5.14. The number of rotatable bonds is 6. The van der Waals surface area contributed by atoms with Gasteiger partial charge in [0.1, 0.15) is 5.75 Å². The number of hydrogen-bond donors (Lipinski definition) is 2. The molecule has 0 amide bonds. The second-order valence-corrected chi connectivity index (χ2v) is 6.19. The Morgan fingerprint density at radius 1 is 1.05 bits per heavy atom. The number of phenolic OH excluding ortho intramolecular Hbond substituents is 1. The quantitative estimate of drug-likeness (QED) is 0.782. The number of benzene rings is 2. The van der Waals surface area contributed by atoms with Crippen LogP contribution in [0.3, 0.4) is 0 Å². The molecule has 0 aliphatic carbocycles. The molecule has 0 fully saturated rings. The van der Waals surface area contributed by atoms with E-state index in [9.17, 15) is 5.11 Å². The van der Waals surface area contributed by atoms with E-state index in [0.29, 0.717) is 11.8 Å². The molecule has 2 rings (SSSR count). The Kier molecular flexibility index (Phi) is 5.50. The smallest absolute Gasteiger partial charge is 0.115 e. The maximum atomic E-state index is 9.27. The van der Waals surface area contributed by atoms with E-state index >= 15 is 0 Å². The summed E-state index contributed by atoms with van der Waals surface area (Å²) in [6, 6.07) is 16.5. The summed E-state index contributed by atoms with van der Waals surface area (Å²) in [7, 11) is 0. The Hall–Kier alpha value is -1.45. The molecule has 2 nitrogen and oxygen atoms in total. The van der Waals surface area contributed by atoms with Gasteiger partial charge in [0.15, 0.2) is 0 Å². The number of hydrogen-bond acceptors (Lipinski definition) is 3. The molecule has 2 N–H and O–H groups in total. The van der Waals surface area contributed by atoms with Gasteiger partial charge in [-0.25, -0.2) is 0 Å². The van der Waals surface area contributed by atoms with Crippen LogP contribution in [-0.2, 0) is 12.3 Å². The van der Waals surface area contributed by atoms with E-state index in [4.69, 9.17) is 0 Å². The molecule has 0 heterocycles. The fourth-order valence-corrected chi connectivity index (χ4v) is 2.76. The molecule has 0 aromatic heterocycles. The molecule has 0 atom stereocenters. The van der Waals surface area contributed by atoms with Crippen LogP contribution >= 0.6 is 11.8 Å². The summed E-state index contributed by atoms with van der Waals surface area (Å²) in [4.78, 5) is 1.28. The van der Waals surface area contributed by atoms with Crippen LogP contribution in [0.1, 0.15) is 25.0 Å². The van der Waals surface area contributed by atoms with Gasteiger partial charge in [0, 0.05) is 23.2 Å². The van der Waals surface area contributed by atoms with Crippen LogP contribution in [0.2, 0.25) is 0 Å². The van der Waals surface area contributed by atoms with Gasteiger partial charge in [0.25, 0.3) is 0 Å². The molecule has 0 saturated carbocycles. The standard InChI is InChI=1S/C17H21NOS/c1-13(2)18-11-15-4-3-5-17(10-15)20-12-14-6-8-16(19)9-7-14/h3-10,13,18-19H,11-12H2,1-2H3. The normalized spacial score (nSPS) is 10.9. The zero-order chi connectivity index (χ0) is 14.4. The highest BCUT2D eigenvalue weighted by Gasteiger charge is 2.00. The first-order valence-electron chi connectivity index (χ1n) is 6.86. The number of thioether (sulfide) groups is 1. The van der Waals surface area contributed by atoms with Crippen molar-refractivity contribution in [2.75, 3.05) is 0 Å². The topological polar surface area (TPSA) is 32.3 Å². The Morgan fingerprint density at radius 2 is 1.80 bits per heavy atom. The second kappa shape index (κ2) is 7.36. The minimum Gasteiger partial charge on any atom is -0.508 e. The lowest BCUT2D eigenvalue weighted by molar-refractivity contribution is 0.475. The van der Waals surface area contributed by atoms with Crippen molar-refractivity contribution in [1.82, 2.24) is 5.32 Å². The molecule has 3 heteroatoms. The zero-order valence-electron chi connectivity index (χ0n) is 12.0. The van der Waals surface area contributed by atoms with Gasteiger partial charge in [-0.2, -0.15) is 0 Å². The van der Waals surface area contributed by atoms with Gasteiger partial charge in [-0.1, -0.05) is 38.1 Å². The Balaban J connectivity index is 1.92. The van der Waals surface area contributed by atoms with Crippen molar-refractivity contribution in [2.45, 2.75) is 37.1 Å². The maximum absolute atomic E-state index is 9.27. The van der Waals surface area contributed by atoms with E-state index in [-0.39, 0.29) is 0 Å². The summed E-state index contributed by atoms with van der Waals surface area (Å²) in [5.41, 5.74) is 2.54. The molecule has 106 valence electrons. The number of aromatic hydroxyl groups is 1. The van der Waals surface area contributed by atoms with E-state index in [1.807, 2.05) is 23.9 Å². The zero-order valence-corrected chi connectivity index (χ0v) is 12.8. The van der Waals surface area contributed by atoms with Crippen LogP contribution in [0.4, 0.5) is 0 Å². The monoisotopic (exact) mass is 287 g/mol. The van der Waals surface area contributed by atoms with E-state index < -0.39 is 0 Å². The number of phenols is 1. The van der Waals surface area contributed by atoms with Crippen molar-refractivity contribution in [2.24, 2.45) is 0 Å². The van der Waals surface area contributed by atoms with Crippen LogP contribution in [-0.4, -0.2) is 11.1 Å². The predicted molar refractivity (Wildman–Crippen MR) is 86.1 cm³/mol. The molecule has 0 unspecified atom stereocenters. The fraction of sp³-hybridized carbons (Fsp3) is 0.294. The summed E-state index contributed by atoms with van der Waals surface area (Å²) < 4.78 is 0. The van der Waals surface area contributed by atoms with Crippen molar-refractivity contribution < 1.29 is 5.11 Å². The molecule has 2 aromatic carbocycles. The Bertz CT molecular complexity index is 537. The summed E-state index contributed by atoms with van der Waals surface area (Å²) in [6.07, 6.45) is 0. The van der Waals surface area contributed by atoms with E-state index in [2.05, 4.69) is 43.4 Å². The molecular formula is C17H21NOS. The van der Waals surface area contributed by atoms with E-state index in [0.717, 1.165) is 12.3 Å². The van der Waals surface area contributed by atoms with Crippen molar-refractivity contribution >= 4 is 11.8 Å². The van der Waals surface area contributed by atoms with Gasteiger partial charge in [0.05, 0.1) is 0 Å².